The average Bonchev–Trinajstić information content (AvgIpc) is 2.84. The van der Waals surface area contributed by atoms with E-state index in [9.17, 15) is 0 Å². The lowest BCUT2D eigenvalue weighted by molar-refractivity contribution is 0.116. The molecule has 1 fully saturated rings. The summed E-state index contributed by atoms with van der Waals surface area (Å²) in [6, 6.07) is 5.93. The van der Waals surface area contributed by atoms with Crippen LogP contribution in [-0.2, 0) is 4.74 Å². The van der Waals surface area contributed by atoms with Gasteiger partial charge in [-0.25, -0.2) is 0 Å². The molecule has 0 bridgehead atoms. The fourth-order valence-electron chi connectivity index (χ4n) is 2.32. The molecular weight excluding hydrogens is 240 g/mol. The van der Waals surface area contributed by atoms with Crippen LogP contribution in [0.15, 0.2) is 18.2 Å². The van der Waals surface area contributed by atoms with Gasteiger partial charge >= 0.3 is 0 Å². The van der Waals surface area contributed by atoms with Crippen molar-refractivity contribution in [1.29, 1.82) is 0 Å². The van der Waals surface area contributed by atoms with E-state index in [2.05, 4.69) is 11.9 Å². The molecule has 1 heterocycles. The van der Waals surface area contributed by atoms with Crippen LogP contribution in [0.2, 0.25) is 0 Å². The zero-order valence-corrected chi connectivity index (χ0v) is 12.1. The van der Waals surface area contributed by atoms with E-state index in [1.165, 1.54) is 6.42 Å². The Kier molecular flexibility index (Phi) is 4.53. The average molecular weight is 264 g/mol. The number of likely N-dealkylation sites (N-methyl/N-ethyl adjacent to an activating group) is 1. The van der Waals surface area contributed by atoms with E-state index in [1.807, 2.05) is 32.0 Å². The number of benzene rings is 1. The number of nitrogen functional groups attached to an aromatic ring is 1. The first-order valence-corrected chi connectivity index (χ1v) is 6.95. The van der Waals surface area contributed by atoms with Gasteiger partial charge in [-0.3, -0.25) is 0 Å². The molecule has 2 N–H and O–H groups in total. The second kappa shape index (κ2) is 6.15. The Hall–Kier alpha value is -1.42. The van der Waals surface area contributed by atoms with Gasteiger partial charge in [0.25, 0.3) is 0 Å². The molecule has 0 spiro atoms. The van der Waals surface area contributed by atoms with Crippen LogP contribution in [0, 0.1) is 0 Å². The molecule has 1 unspecified atom stereocenters. The van der Waals surface area contributed by atoms with Crippen LogP contribution in [0.1, 0.15) is 26.7 Å². The Morgan fingerprint density at radius 2 is 2.26 bits per heavy atom. The van der Waals surface area contributed by atoms with Gasteiger partial charge < -0.3 is 20.1 Å². The summed E-state index contributed by atoms with van der Waals surface area (Å²) in [5.41, 5.74) is 7.73. The molecule has 2 rings (SSSR count). The molecular formula is C15H24N2O2. The number of nitrogens with zero attached hydrogens (tertiary/aromatic N) is 1. The van der Waals surface area contributed by atoms with E-state index >= 15 is 0 Å². The number of nitrogens with two attached hydrogens (primary N) is 1. The minimum absolute atomic E-state index is 0.126. The van der Waals surface area contributed by atoms with Crippen molar-refractivity contribution < 1.29 is 9.47 Å². The minimum atomic E-state index is 0.126. The first-order valence-electron chi connectivity index (χ1n) is 6.95. The van der Waals surface area contributed by atoms with Crippen LogP contribution in [0.5, 0.6) is 5.75 Å². The summed E-state index contributed by atoms with van der Waals surface area (Å²) < 4.78 is 11.4. The third-order valence-corrected chi connectivity index (χ3v) is 3.30. The fourth-order valence-corrected chi connectivity index (χ4v) is 2.32. The Bertz CT molecular complexity index is 415. The summed E-state index contributed by atoms with van der Waals surface area (Å²) in [5, 5.41) is 0. The Morgan fingerprint density at radius 1 is 1.47 bits per heavy atom. The molecule has 106 valence electrons. The molecule has 4 heteroatoms. The van der Waals surface area contributed by atoms with E-state index in [4.69, 9.17) is 15.2 Å². The first kappa shape index (κ1) is 14.0. The zero-order chi connectivity index (χ0) is 13.8. The standard InChI is InChI=1S/C15H24N2O2/c1-11(2)19-15-9-12(6-7-14(15)16)17(3)10-13-5-4-8-18-13/h6-7,9,11,13H,4-5,8,10,16H2,1-3H3. The number of hydrogen-bond donors (Lipinski definition) is 1. The molecule has 1 aromatic rings. The van der Waals surface area contributed by atoms with Crippen LogP contribution < -0.4 is 15.4 Å². The summed E-state index contributed by atoms with van der Waals surface area (Å²) in [5.74, 6) is 0.756. The lowest BCUT2D eigenvalue weighted by Gasteiger charge is -2.24. The second-order valence-electron chi connectivity index (χ2n) is 5.40. The monoisotopic (exact) mass is 264 g/mol. The molecule has 0 saturated carbocycles. The molecule has 19 heavy (non-hydrogen) atoms. The van der Waals surface area contributed by atoms with Gasteiger partial charge in [0.15, 0.2) is 0 Å². The maximum Gasteiger partial charge on any atom is 0.144 e. The summed E-state index contributed by atoms with van der Waals surface area (Å²) >= 11 is 0. The van der Waals surface area contributed by atoms with Crippen LogP contribution in [0.25, 0.3) is 0 Å². The van der Waals surface area contributed by atoms with E-state index in [-0.39, 0.29) is 6.10 Å². The third kappa shape index (κ3) is 3.77. The molecule has 0 amide bonds. The highest BCUT2D eigenvalue weighted by Gasteiger charge is 2.18. The molecule has 1 saturated heterocycles. The number of anilines is 2. The van der Waals surface area contributed by atoms with Crippen molar-refractivity contribution in [3.8, 4) is 5.75 Å². The fraction of sp³-hybridized carbons (Fsp3) is 0.600. The second-order valence-corrected chi connectivity index (χ2v) is 5.40. The first-order chi connectivity index (χ1) is 9.06. The van der Waals surface area contributed by atoms with Crippen LogP contribution in [-0.4, -0.2) is 32.4 Å². The topological polar surface area (TPSA) is 47.7 Å². The Labute approximate surface area is 115 Å². The van der Waals surface area contributed by atoms with Crippen LogP contribution in [0.4, 0.5) is 11.4 Å². The highest BCUT2D eigenvalue weighted by Crippen LogP contribution is 2.28. The third-order valence-electron chi connectivity index (χ3n) is 3.30. The van der Waals surface area contributed by atoms with Crippen molar-refractivity contribution in [1.82, 2.24) is 0 Å². The quantitative estimate of drug-likeness (QED) is 0.831. The summed E-state index contributed by atoms with van der Waals surface area (Å²) in [6.07, 6.45) is 2.79. The molecule has 0 aromatic heterocycles. The van der Waals surface area contributed by atoms with E-state index < -0.39 is 0 Å². The van der Waals surface area contributed by atoms with Gasteiger partial charge in [-0.2, -0.15) is 0 Å². The number of ether oxygens (including phenoxy) is 2. The van der Waals surface area contributed by atoms with Gasteiger partial charge in [0.1, 0.15) is 5.75 Å². The maximum absolute atomic E-state index is 5.93. The summed E-state index contributed by atoms with van der Waals surface area (Å²) in [4.78, 5) is 2.20. The van der Waals surface area contributed by atoms with Gasteiger partial charge in [-0.1, -0.05) is 0 Å². The van der Waals surface area contributed by atoms with Crippen molar-refractivity contribution in [2.75, 3.05) is 30.8 Å². The van der Waals surface area contributed by atoms with Gasteiger partial charge in [-0.15, -0.1) is 0 Å². The molecule has 1 aliphatic rings. The predicted octanol–water partition coefficient (Wildman–Crippen LogP) is 2.67. The summed E-state index contributed by atoms with van der Waals surface area (Å²) in [7, 11) is 2.08. The highest BCUT2D eigenvalue weighted by molar-refractivity contribution is 5.62. The van der Waals surface area contributed by atoms with E-state index in [0.29, 0.717) is 11.8 Å². The van der Waals surface area contributed by atoms with Crippen LogP contribution >= 0.6 is 0 Å². The molecule has 1 atom stereocenters. The SMILES string of the molecule is CC(C)Oc1cc(N(C)CC2CCCO2)ccc1N. The predicted molar refractivity (Wildman–Crippen MR) is 78.9 cm³/mol. The number of rotatable bonds is 5. The summed E-state index contributed by atoms with van der Waals surface area (Å²) in [6.45, 7) is 5.80. The van der Waals surface area contributed by atoms with Crippen molar-refractivity contribution in [3.63, 3.8) is 0 Å². The smallest absolute Gasteiger partial charge is 0.144 e. The van der Waals surface area contributed by atoms with Gasteiger partial charge in [-0.05, 0) is 38.8 Å². The van der Waals surface area contributed by atoms with Gasteiger partial charge in [0.05, 0.1) is 17.9 Å². The maximum atomic E-state index is 5.93. The molecule has 0 radical (unpaired) electrons. The lowest BCUT2D eigenvalue weighted by atomic mass is 10.2. The molecule has 1 aromatic carbocycles. The lowest BCUT2D eigenvalue weighted by Crippen LogP contribution is -2.28. The normalized spacial score (nSPS) is 18.8. The van der Waals surface area contributed by atoms with E-state index in [1.54, 1.807) is 0 Å². The van der Waals surface area contributed by atoms with Crippen molar-refractivity contribution in [2.45, 2.75) is 38.9 Å². The van der Waals surface area contributed by atoms with Crippen LogP contribution in [0.3, 0.4) is 0 Å². The largest absolute Gasteiger partial charge is 0.489 e. The molecule has 1 aliphatic heterocycles. The van der Waals surface area contributed by atoms with Crippen molar-refractivity contribution >= 4 is 11.4 Å². The van der Waals surface area contributed by atoms with E-state index in [0.717, 1.165) is 31.0 Å². The van der Waals surface area contributed by atoms with Crippen molar-refractivity contribution in [3.05, 3.63) is 18.2 Å². The van der Waals surface area contributed by atoms with Gasteiger partial charge in [0.2, 0.25) is 0 Å². The highest BCUT2D eigenvalue weighted by atomic mass is 16.5. The molecule has 0 aliphatic carbocycles. The zero-order valence-electron chi connectivity index (χ0n) is 12.1. The minimum Gasteiger partial charge on any atom is -0.489 e. The Morgan fingerprint density at radius 3 is 2.89 bits per heavy atom. The Balaban J connectivity index is 2.06. The number of hydrogen-bond acceptors (Lipinski definition) is 4. The van der Waals surface area contributed by atoms with Gasteiger partial charge in [0, 0.05) is 32.0 Å². The molecule has 4 nitrogen and oxygen atoms in total. The van der Waals surface area contributed by atoms with Crippen molar-refractivity contribution in [2.24, 2.45) is 0 Å².